The van der Waals surface area contributed by atoms with Crippen molar-refractivity contribution in [1.29, 1.82) is 0 Å². The van der Waals surface area contributed by atoms with Gasteiger partial charge in [0.25, 0.3) is 0 Å². The molecule has 0 amide bonds. The number of ether oxygens (including phenoxy) is 1. The van der Waals surface area contributed by atoms with Crippen LogP contribution in [-0.4, -0.2) is 19.7 Å². The van der Waals surface area contributed by atoms with Crippen LogP contribution in [0, 0.1) is 6.92 Å². The Kier molecular flexibility index (Phi) is 6.41. The molecule has 0 fully saturated rings. The van der Waals surface area contributed by atoms with Gasteiger partial charge in [0, 0.05) is 28.8 Å². The highest BCUT2D eigenvalue weighted by atomic mass is 35.5. The third-order valence-corrected chi connectivity index (χ3v) is 7.01. The molecule has 8 heteroatoms. The van der Waals surface area contributed by atoms with E-state index in [1.807, 2.05) is 61.9 Å². The van der Waals surface area contributed by atoms with Gasteiger partial charge in [-0.15, -0.1) is 21.5 Å². The molecular formula is C22H21ClN4OS2. The Morgan fingerprint density at radius 3 is 2.73 bits per heavy atom. The van der Waals surface area contributed by atoms with Crippen molar-refractivity contribution < 1.29 is 4.74 Å². The van der Waals surface area contributed by atoms with Crippen LogP contribution in [0.3, 0.4) is 0 Å². The summed E-state index contributed by atoms with van der Waals surface area (Å²) in [5.74, 6) is 2.27. The number of aryl methyl sites for hydroxylation is 1. The van der Waals surface area contributed by atoms with Crippen LogP contribution < -0.4 is 4.74 Å². The smallest absolute Gasteiger partial charge is 0.191 e. The maximum atomic E-state index is 6.10. The fourth-order valence-corrected chi connectivity index (χ4v) is 4.84. The van der Waals surface area contributed by atoms with Crippen molar-refractivity contribution in [3.05, 3.63) is 76.0 Å². The summed E-state index contributed by atoms with van der Waals surface area (Å²) in [7, 11) is 1.96. The third-order valence-electron chi connectivity index (χ3n) is 4.60. The molecule has 2 heterocycles. The molecule has 0 saturated heterocycles. The van der Waals surface area contributed by atoms with Gasteiger partial charge in [-0.05, 0) is 37.6 Å². The summed E-state index contributed by atoms with van der Waals surface area (Å²) in [4.78, 5) is 4.74. The summed E-state index contributed by atoms with van der Waals surface area (Å²) in [5, 5.41) is 13.4. The van der Waals surface area contributed by atoms with Gasteiger partial charge in [-0.25, -0.2) is 4.98 Å². The zero-order chi connectivity index (χ0) is 21.1. The van der Waals surface area contributed by atoms with Crippen LogP contribution in [0.4, 0.5) is 0 Å². The Morgan fingerprint density at radius 2 is 1.97 bits per heavy atom. The largest absolute Gasteiger partial charge is 0.483 e. The molecule has 30 heavy (non-hydrogen) atoms. The second-order valence-corrected chi connectivity index (χ2v) is 9.08. The van der Waals surface area contributed by atoms with E-state index in [-0.39, 0.29) is 6.10 Å². The first-order valence-corrected chi connectivity index (χ1v) is 11.7. The number of thiazole rings is 1. The third kappa shape index (κ3) is 4.69. The Labute approximate surface area is 189 Å². The van der Waals surface area contributed by atoms with Gasteiger partial charge in [-0.1, -0.05) is 53.7 Å². The number of thioether (sulfide) groups is 1. The molecule has 0 aliphatic rings. The Balaban J connectivity index is 1.41. The van der Waals surface area contributed by atoms with Crippen LogP contribution in [0.2, 0.25) is 5.02 Å². The molecule has 1 atom stereocenters. The molecule has 2 aromatic heterocycles. The standard InChI is InChI=1S/C22H21ClN4OS2/c1-14-11-18(9-10-19(14)23)28-15(2)20-25-26-22(27(20)3)30-13-17-12-29-21(24-17)16-7-5-4-6-8-16/h4-12,15H,13H2,1-3H3. The topological polar surface area (TPSA) is 52.8 Å². The summed E-state index contributed by atoms with van der Waals surface area (Å²) >= 11 is 9.37. The molecule has 4 aromatic rings. The fraction of sp³-hybridized carbons (Fsp3) is 0.227. The van der Waals surface area contributed by atoms with Crippen LogP contribution in [0.25, 0.3) is 10.6 Å². The maximum Gasteiger partial charge on any atom is 0.191 e. The maximum absolute atomic E-state index is 6.10. The lowest BCUT2D eigenvalue weighted by Crippen LogP contribution is -2.10. The SMILES string of the molecule is Cc1cc(OC(C)c2nnc(SCc3csc(-c4ccccc4)n3)n2C)ccc1Cl. The van der Waals surface area contributed by atoms with E-state index < -0.39 is 0 Å². The van der Waals surface area contributed by atoms with E-state index in [0.717, 1.165) is 49.3 Å². The fourth-order valence-electron chi connectivity index (χ4n) is 2.98. The minimum atomic E-state index is -0.235. The van der Waals surface area contributed by atoms with Gasteiger partial charge < -0.3 is 9.30 Å². The molecule has 0 aliphatic heterocycles. The monoisotopic (exact) mass is 456 g/mol. The number of aromatic nitrogens is 4. The number of halogens is 1. The lowest BCUT2D eigenvalue weighted by molar-refractivity contribution is 0.211. The van der Waals surface area contributed by atoms with Gasteiger partial charge in [0.15, 0.2) is 17.1 Å². The summed E-state index contributed by atoms with van der Waals surface area (Å²) in [6.45, 7) is 3.92. The molecule has 0 saturated carbocycles. The van der Waals surface area contributed by atoms with Gasteiger partial charge in [0.05, 0.1) is 5.69 Å². The van der Waals surface area contributed by atoms with E-state index in [2.05, 4.69) is 27.7 Å². The van der Waals surface area contributed by atoms with Crippen molar-refractivity contribution in [2.24, 2.45) is 7.05 Å². The minimum absolute atomic E-state index is 0.235. The van der Waals surface area contributed by atoms with Crippen molar-refractivity contribution >= 4 is 34.7 Å². The number of hydrogen-bond acceptors (Lipinski definition) is 6. The summed E-state index contributed by atoms with van der Waals surface area (Å²) < 4.78 is 8.02. The van der Waals surface area contributed by atoms with Crippen molar-refractivity contribution in [2.45, 2.75) is 30.9 Å². The van der Waals surface area contributed by atoms with Crippen LogP contribution in [0.1, 0.15) is 30.1 Å². The predicted molar refractivity (Wildman–Crippen MR) is 123 cm³/mol. The quantitative estimate of drug-likeness (QED) is 0.304. The molecule has 1 unspecified atom stereocenters. The number of benzene rings is 2. The highest BCUT2D eigenvalue weighted by molar-refractivity contribution is 7.98. The molecule has 2 aromatic carbocycles. The Hall–Kier alpha value is -2.35. The number of rotatable bonds is 7. The Morgan fingerprint density at radius 1 is 1.17 bits per heavy atom. The van der Waals surface area contributed by atoms with Crippen LogP contribution in [-0.2, 0) is 12.8 Å². The molecular weight excluding hydrogens is 436 g/mol. The minimum Gasteiger partial charge on any atom is -0.483 e. The van der Waals surface area contributed by atoms with Crippen LogP contribution in [0.5, 0.6) is 5.75 Å². The summed E-state index contributed by atoms with van der Waals surface area (Å²) in [6, 6.07) is 15.9. The van der Waals surface area contributed by atoms with Crippen molar-refractivity contribution in [1.82, 2.24) is 19.7 Å². The van der Waals surface area contributed by atoms with E-state index in [9.17, 15) is 0 Å². The second-order valence-electron chi connectivity index (χ2n) is 6.87. The molecule has 0 N–H and O–H groups in total. The van der Waals surface area contributed by atoms with Crippen LogP contribution >= 0.6 is 34.7 Å². The normalized spacial score (nSPS) is 12.1. The van der Waals surface area contributed by atoms with Gasteiger partial charge in [-0.2, -0.15) is 0 Å². The Bertz CT molecular complexity index is 1140. The van der Waals surface area contributed by atoms with Gasteiger partial charge in [0.2, 0.25) is 0 Å². The zero-order valence-electron chi connectivity index (χ0n) is 16.9. The molecule has 0 spiro atoms. The van der Waals surface area contributed by atoms with E-state index in [4.69, 9.17) is 21.3 Å². The van der Waals surface area contributed by atoms with Gasteiger partial charge in [0.1, 0.15) is 10.8 Å². The van der Waals surface area contributed by atoms with E-state index in [0.29, 0.717) is 0 Å². The van der Waals surface area contributed by atoms with Crippen molar-refractivity contribution in [2.75, 3.05) is 0 Å². The molecule has 0 bridgehead atoms. The second kappa shape index (κ2) is 9.20. The molecule has 0 aliphatic carbocycles. The predicted octanol–water partition coefficient (Wildman–Crippen LogP) is 6.33. The van der Waals surface area contributed by atoms with Gasteiger partial charge >= 0.3 is 0 Å². The van der Waals surface area contributed by atoms with Crippen molar-refractivity contribution in [3.63, 3.8) is 0 Å². The lowest BCUT2D eigenvalue weighted by atomic mass is 10.2. The summed E-state index contributed by atoms with van der Waals surface area (Å²) in [5.41, 5.74) is 3.16. The molecule has 0 radical (unpaired) electrons. The van der Waals surface area contributed by atoms with Crippen molar-refractivity contribution in [3.8, 4) is 16.3 Å². The number of nitrogens with zero attached hydrogens (tertiary/aromatic N) is 4. The first kappa shape index (κ1) is 20.9. The first-order chi connectivity index (χ1) is 14.5. The van der Waals surface area contributed by atoms with Gasteiger partial charge in [-0.3, -0.25) is 0 Å². The van der Waals surface area contributed by atoms with E-state index >= 15 is 0 Å². The zero-order valence-corrected chi connectivity index (χ0v) is 19.3. The lowest BCUT2D eigenvalue weighted by Gasteiger charge is -2.15. The molecule has 154 valence electrons. The van der Waals surface area contributed by atoms with Crippen LogP contribution in [0.15, 0.2) is 59.1 Å². The van der Waals surface area contributed by atoms with E-state index in [1.165, 1.54) is 0 Å². The highest BCUT2D eigenvalue weighted by Gasteiger charge is 2.18. The average molecular weight is 457 g/mol. The molecule has 5 nitrogen and oxygen atoms in total. The summed E-state index contributed by atoms with van der Waals surface area (Å²) in [6.07, 6.45) is -0.235. The highest BCUT2D eigenvalue weighted by Crippen LogP contribution is 2.29. The average Bonchev–Trinajstić information content (AvgIpc) is 3.36. The van der Waals surface area contributed by atoms with E-state index in [1.54, 1.807) is 23.1 Å². The molecule has 4 rings (SSSR count). The number of hydrogen-bond donors (Lipinski definition) is 0. The first-order valence-electron chi connectivity index (χ1n) is 9.46.